The molecule has 4 heteroatoms. The summed E-state index contributed by atoms with van der Waals surface area (Å²) in [5, 5.41) is 19.8. The predicted molar refractivity (Wildman–Crippen MR) is 55.9 cm³/mol. The van der Waals surface area contributed by atoms with Crippen LogP contribution >= 0.6 is 0 Å². The monoisotopic (exact) mass is 202 g/mol. The Balaban J connectivity index is 2.20. The van der Waals surface area contributed by atoms with Crippen LogP contribution < -0.4 is 0 Å². The minimum Gasteiger partial charge on any atom is -0.429 e. The summed E-state index contributed by atoms with van der Waals surface area (Å²) in [5.41, 5.74) is 1.40. The Morgan fingerprint density at radius 3 is 3.20 bits per heavy atom. The fraction of sp³-hybridized carbons (Fsp3) is 0.182. The molecule has 1 unspecified atom stereocenters. The molecule has 4 nitrogen and oxygen atoms in total. The summed E-state index contributed by atoms with van der Waals surface area (Å²) < 4.78 is 1.06. The van der Waals surface area contributed by atoms with E-state index >= 15 is 0 Å². The molecule has 2 N–H and O–H groups in total. The van der Waals surface area contributed by atoms with Crippen molar-refractivity contribution in [2.45, 2.75) is 12.0 Å². The predicted octanol–water partition coefficient (Wildman–Crippen LogP) is 0.994. The van der Waals surface area contributed by atoms with Gasteiger partial charge in [0.15, 0.2) is 0 Å². The average Bonchev–Trinajstić information content (AvgIpc) is 2.56. The van der Waals surface area contributed by atoms with E-state index in [0.717, 1.165) is 21.6 Å². The lowest BCUT2D eigenvalue weighted by Gasteiger charge is -2.30. The van der Waals surface area contributed by atoms with Crippen LogP contribution in [0, 0.1) is 0 Å². The first-order chi connectivity index (χ1) is 7.19. The van der Waals surface area contributed by atoms with Crippen LogP contribution in [0.1, 0.15) is 11.3 Å². The second-order valence-electron chi connectivity index (χ2n) is 3.86. The first-order valence-corrected chi connectivity index (χ1v) is 4.74. The van der Waals surface area contributed by atoms with Crippen molar-refractivity contribution in [2.24, 2.45) is 4.99 Å². The fourth-order valence-corrected chi connectivity index (χ4v) is 2.03. The molecule has 1 aromatic rings. The summed E-state index contributed by atoms with van der Waals surface area (Å²) in [6.45, 7) is 0. The van der Waals surface area contributed by atoms with Crippen molar-refractivity contribution in [1.82, 2.24) is 4.73 Å². The highest BCUT2D eigenvalue weighted by Gasteiger charge is 2.35. The fourth-order valence-electron chi connectivity index (χ4n) is 2.03. The normalized spacial score (nSPS) is 27.1. The van der Waals surface area contributed by atoms with Crippen LogP contribution in [0.4, 0.5) is 0 Å². The van der Waals surface area contributed by atoms with E-state index in [0.29, 0.717) is 6.42 Å². The van der Waals surface area contributed by atoms with Crippen LogP contribution in [0.25, 0.3) is 6.08 Å². The van der Waals surface area contributed by atoms with Crippen molar-refractivity contribution in [3.05, 3.63) is 41.4 Å². The molecule has 0 fully saturated rings. The molecule has 15 heavy (non-hydrogen) atoms. The van der Waals surface area contributed by atoms with E-state index < -0.39 is 5.60 Å². The number of nitrogens with zero attached hydrogens (tertiary/aromatic N) is 2. The molecule has 1 aromatic heterocycles. The molecule has 0 amide bonds. The summed E-state index contributed by atoms with van der Waals surface area (Å²) in [7, 11) is 0. The smallest absolute Gasteiger partial charge is 0.117 e. The Bertz CT molecular complexity index is 511. The highest BCUT2D eigenvalue weighted by Crippen LogP contribution is 2.33. The first kappa shape index (κ1) is 8.49. The molecule has 1 atom stereocenters. The number of fused-ring (bicyclic) bond motifs is 2. The highest BCUT2D eigenvalue weighted by atomic mass is 16.5. The van der Waals surface area contributed by atoms with E-state index in [1.54, 1.807) is 24.7 Å². The lowest BCUT2D eigenvalue weighted by Crippen LogP contribution is -2.36. The van der Waals surface area contributed by atoms with Crippen molar-refractivity contribution in [3.63, 3.8) is 0 Å². The van der Waals surface area contributed by atoms with E-state index in [-0.39, 0.29) is 0 Å². The van der Waals surface area contributed by atoms with E-state index in [9.17, 15) is 10.3 Å². The average molecular weight is 202 g/mol. The summed E-state index contributed by atoms with van der Waals surface area (Å²) in [5.74, 6) is 0. The molecule has 1 aliphatic heterocycles. The van der Waals surface area contributed by atoms with Crippen molar-refractivity contribution in [1.29, 1.82) is 0 Å². The van der Waals surface area contributed by atoms with Crippen molar-refractivity contribution < 1.29 is 10.3 Å². The maximum atomic E-state index is 10.3. The van der Waals surface area contributed by atoms with Gasteiger partial charge < -0.3 is 10.3 Å². The second kappa shape index (κ2) is 2.61. The molecule has 76 valence electrons. The minimum absolute atomic E-state index is 0.375. The summed E-state index contributed by atoms with van der Waals surface area (Å²) in [6.07, 6.45) is 8.67. The molecule has 0 bridgehead atoms. The maximum absolute atomic E-state index is 10.3. The van der Waals surface area contributed by atoms with Gasteiger partial charge >= 0.3 is 0 Å². The molecule has 1 aliphatic carbocycles. The molecule has 0 saturated heterocycles. The van der Waals surface area contributed by atoms with Gasteiger partial charge in [0.2, 0.25) is 0 Å². The summed E-state index contributed by atoms with van der Waals surface area (Å²) in [4.78, 5) is 3.98. The van der Waals surface area contributed by atoms with Gasteiger partial charge in [0.25, 0.3) is 0 Å². The first-order valence-electron chi connectivity index (χ1n) is 4.74. The Hall–Kier alpha value is -1.81. The quantitative estimate of drug-likeness (QED) is 0.616. The van der Waals surface area contributed by atoms with Crippen molar-refractivity contribution >= 4 is 12.3 Å². The third-order valence-corrected chi connectivity index (χ3v) is 2.90. The van der Waals surface area contributed by atoms with Gasteiger partial charge in [-0.1, -0.05) is 0 Å². The lowest BCUT2D eigenvalue weighted by atomic mass is 9.82. The van der Waals surface area contributed by atoms with Gasteiger partial charge in [-0.3, -0.25) is 4.99 Å². The standard InChI is InChI=1S/C11H10N2O2/c14-11-2-3-12-7-9(11)5-8-1-4-13(15)10(8)6-11/h1-5,7,14-15H,6H2. The molecular formula is C11H10N2O2. The van der Waals surface area contributed by atoms with Crippen LogP contribution in [0.3, 0.4) is 0 Å². The zero-order valence-electron chi connectivity index (χ0n) is 7.96. The van der Waals surface area contributed by atoms with E-state index in [1.165, 1.54) is 0 Å². The topological polar surface area (TPSA) is 57.8 Å². The number of aliphatic imine (C=N–C) groups is 1. The third-order valence-electron chi connectivity index (χ3n) is 2.90. The Morgan fingerprint density at radius 2 is 2.33 bits per heavy atom. The Morgan fingerprint density at radius 1 is 1.47 bits per heavy atom. The van der Waals surface area contributed by atoms with E-state index in [2.05, 4.69) is 4.99 Å². The number of hydrogen-bond acceptors (Lipinski definition) is 3. The van der Waals surface area contributed by atoms with E-state index in [4.69, 9.17) is 0 Å². The zero-order chi connectivity index (χ0) is 10.5. The van der Waals surface area contributed by atoms with Gasteiger partial charge in [0.05, 0.1) is 5.69 Å². The zero-order valence-corrected chi connectivity index (χ0v) is 7.96. The molecular weight excluding hydrogens is 192 g/mol. The van der Waals surface area contributed by atoms with Crippen LogP contribution in [0.15, 0.2) is 35.1 Å². The summed E-state index contributed by atoms with van der Waals surface area (Å²) in [6, 6.07) is 1.81. The van der Waals surface area contributed by atoms with Gasteiger partial charge in [-0.15, -0.1) is 0 Å². The van der Waals surface area contributed by atoms with Gasteiger partial charge in [-0.25, -0.2) is 0 Å². The third kappa shape index (κ3) is 1.08. The largest absolute Gasteiger partial charge is 0.429 e. The molecule has 2 heterocycles. The van der Waals surface area contributed by atoms with Crippen molar-refractivity contribution in [3.8, 4) is 0 Å². The summed E-state index contributed by atoms with van der Waals surface area (Å²) >= 11 is 0. The molecule has 2 aliphatic rings. The van der Waals surface area contributed by atoms with Gasteiger partial charge in [0.1, 0.15) is 5.60 Å². The molecule has 0 spiro atoms. The number of rotatable bonds is 0. The van der Waals surface area contributed by atoms with Crippen LogP contribution in [0.5, 0.6) is 0 Å². The highest BCUT2D eigenvalue weighted by molar-refractivity contribution is 5.91. The van der Waals surface area contributed by atoms with Crippen molar-refractivity contribution in [2.75, 3.05) is 0 Å². The maximum Gasteiger partial charge on any atom is 0.117 e. The lowest BCUT2D eigenvalue weighted by molar-refractivity contribution is 0.116. The van der Waals surface area contributed by atoms with Gasteiger partial charge in [-0.2, -0.15) is 4.73 Å². The number of hydrogen-bond donors (Lipinski definition) is 2. The SMILES string of the molecule is On1ccc2c1CC1(O)C=CN=CC1=C2. The number of aromatic nitrogens is 1. The number of aliphatic hydroxyl groups is 1. The minimum atomic E-state index is -1.02. The molecule has 3 rings (SSSR count). The second-order valence-corrected chi connectivity index (χ2v) is 3.86. The molecule has 0 radical (unpaired) electrons. The van der Waals surface area contributed by atoms with E-state index in [1.807, 2.05) is 12.1 Å². The molecule has 0 saturated carbocycles. The van der Waals surface area contributed by atoms with Crippen LogP contribution in [-0.4, -0.2) is 26.9 Å². The van der Waals surface area contributed by atoms with Gasteiger partial charge in [-0.05, 0) is 23.8 Å². The van der Waals surface area contributed by atoms with Crippen LogP contribution in [0.2, 0.25) is 0 Å². The molecule has 0 aromatic carbocycles. The Kier molecular flexibility index (Phi) is 1.48. The van der Waals surface area contributed by atoms with Crippen LogP contribution in [-0.2, 0) is 6.42 Å². The Labute approximate surface area is 86.5 Å². The van der Waals surface area contributed by atoms with Gasteiger partial charge in [0, 0.05) is 30.6 Å².